The van der Waals surface area contributed by atoms with Gasteiger partial charge in [-0.1, -0.05) is 39.5 Å². The van der Waals surface area contributed by atoms with Crippen molar-refractivity contribution in [2.45, 2.75) is 52.9 Å². The standard InChI is InChI=1S/C15H27FN4/c1-4-17-15-19-11-13(16)14(20-15)18-10-8-6-5-7-9-12(2)3/h11-12H,4-10H2,1-3H3,(H2,17,18,19,20). The summed E-state index contributed by atoms with van der Waals surface area (Å²) in [6.45, 7) is 7.93. The van der Waals surface area contributed by atoms with Crippen LogP contribution < -0.4 is 10.6 Å². The van der Waals surface area contributed by atoms with Crippen molar-refractivity contribution in [3.05, 3.63) is 12.0 Å². The first-order valence-corrected chi connectivity index (χ1v) is 7.63. The number of hydrogen-bond donors (Lipinski definition) is 2. The first-order valence-electron chi connectivity index (χ1n) is 7.63. The molecule has 0 aliphatic carbocycles. The molecule has 0 bridgehead atoms. The average Bonchev–Trinajstić information content (AvgIpc) is 2.41. The number of nitrogens with one attached hydrogen (secondary N) is 2. The van der Waals surface area contributed by atoms with Crippen LogP contribution in [0.4, 0.5) is 16.2 Å². The number of hydrogen-bond acceptors (Lipinski definition) is 4. The van der Waals surface area contributed by atoms with Gasteiger partial charge in [-0.15, -0.1) is 0 Å². The van der Waals surface area contributed by atoms with Gasteiger partial charge in [-0.05, 0) is 19.3 Å². The first-order chi connectivity index (χ1) is 9.63. The van der Waals surface area contributed by atoms with Gasteiger partial charge in [0, 0.05) is 13.1 Å². The second-order valence-corrected chi connectivity index (χ2v) is 5.44. The van der Waals surface area contributed by atoms with E-state index >= 15 is 0 Å². The van der Waals surface area contributed by atoms with Gasteiger partial charge in [0.05, 0.1) is 6.20 Å². The van der Waals surface area contributed by atoms with Crippen LogP contribution in [0.1, 0.15) is 52.9 Å². The van der Waals surface area contributed by atoms with Crippen LogP contribution in [0.15, 0.2) is 6.20 Å². The largest absolute Gasteiger partial charge is 0.367 e. The van der Waals surface area contributed by atoms with E-state index in [2.05, 4.69) is 34.4 Å². The fourth-order valence-corrected chi connectivity index (χ4v) is 1.97. The zero-order valence-electron chi connectivity index (χ0n) is 12.9. The zero-order chi connectivity index (χ0) is 14.8. The molecule has 0 fully saturated rings. The molecule has 0 unspecified atom stereocenters. The van der Waals surface area contributed by atoms with E-state index in [0.29, 0.717) is 5.95 Å². The molecule has 1 aromatic rings. The molecule has 1 aromatic heterocycles. The van der Waals surface area contributed by atoms with E-state index in [1.165, 1.54) is 31.9 Å². The van der Waals surface area contributed by atoms with Crippen molar-refractivity contribution in [3.8, 4) is 0 Å². The molecule has 0 atom stereocenters. The van der Waals surface area contributed by atoms with E-state index in [4.69, 9.17) is 0 Å². The summed E-state index contributed by atoms with van der Waals surface area (Å²) in [7, 11) is 0. The molecule has 0 saturated heterocycles. The van der Waals surface area contributed by atoms with E-state index in [1.54, 1.807) is 0 Å². The number of unbranched alkanes of at least 4 members (excludes halogenated alkanes) is 3. The number of aromatic nitrogens is 2. The first kappa shape index (κ1) is 16.7. The quantitative estimate of drug-likeness (QED) is 0.635. The molecule has 0 aromatic carbocycles. The summed E-state index contributed by atoms with van der Waals surface area (Å²) in [6.07, 6.45) is 7.24. The Balaban J connectivity index is 2.22. The van der Waals surface area contributed by atoms with Gasteiger partial charge >= 0.3 is 0 Å². The van der Waals surface area contributed by atoms with Crippen LogP contribution >= 0.6 is 0 Å². The molecule has 0 aliphatic rings. The monoisotopic (exact) mass is 282 g/mol. The number of rotatable bonds is 10. The highest BCUT2D eigenvalue weighted by atomic mass is 19.1. The Morgan fingerprint density at radius 1 is 1.15 bits per heavy atom. The predicted molar refractivity (Wildman–Crippen MR) is 82.6 cm³/mol. The van der Waals surface area contributed by atoms with Crippen LogP contribution in [0.5, 0.6) is 0 Å². The van der Waals surface area contributed by atoms with Gasteiger partial charge in [0.25, 0.3) is 0 Å². The van der Waals surface area contributed by atoms with Crippen LogP contribution in [-0.4, -0.2) is 23.1 Å². The molecule has 0 spiro atoms. The third-order valence-corrected chi connectivity index (χ3v) is 3.08. The summed E-state index contributed by atoms with van der Waals surface area (Å²) in [5.74, 6) is 1.14. The van der Waals surface area contributed by atoms with Crippen molar-refractivity contribution in [1.29, 1.82) is 0 Å². The molecule has 2 N–H and O–H groups in total. The third kappa shape index (κ3) is 6.68. The zero-order valence-corrected chi connectivity index (χ0v) is 12.9. The maximum absolute atomic E-state index is 13.5. The number of halogens is 1. The molecule has 20 heavy (non-hydrogen) atoms. The molecule has 0 radical (unpaired) electrons. The van der Waals surface area contributed by atoms with Crippen molar-refractivity contribution >= 4 is 11.8 Å². The van der Waals surface area contributed by atoms with Gasteiger partial charge in [0.2, 0.25) is 5.95 Å². The fourth-order valence-electron chi connectivity index (χ4n) is 1.97. The lowest BCUT2D eigenvalue weighted by Gasteiger charge is -2.08. The Hall–Kier alpha value is -1.39. The summed E-state index contributed by atoms with van der Waals surface area (Å²) in [5, 5.41) is 6.02. The van der Waals surface area contributed by atoms with Crippen LogP contribution in [0.2, 0.25) is 0 Å². The van der Waals surface area contributed by atoms with Gasteiger partial charge < -0.3 is 10.6 Å². The summed E-state index contributed by atoms with van der Waals surface area (Å²) in [5.41, 5.74) is 0. The van der Waals surface area contributed by atoms with Gasteiger partial charge in [0.15, 0.2) is 11.6 Å². The summed E-state index contributed by atoms with van der Waals surface area (Å²) in [6, 6.07) is 0. The maximum Gasteiger partial charge on any atom is 0.224 e. The Kier molecular flexibility index (Phi) is 7.92. The predicted octanol–water partition coefficient (Wildman–Crippen LogP) is 4.07. The normalized spacial score (nSPS) is 10.8. The van der Waals surface area contributed by atoms with Crippen molar-refractivity contribution < 1.29 is 4.39 Å². The van der Waals surface area contributed by atoms with Crippen molar-refractivity contribution in [1.82, 2.24) is 9.97 Å². The highest BCUT2D eigenvalue weighted by Crippen LogP contribution is 2.13. The molecule has 0 aliphatic heterocycles. The van der Waals surface area contributed by atoms with Crippen molar-refractivity contribution in [2.75, 3.05) is 23.7 Å². The highest BCUT2D eigenvalue weighted by Gasteiger charge is 2.05. The van der Waals surface area contributed by atoms with Crippen LogP contribution in [0.25, 0.3) is 0 Å². The van der Waals surface area contributed by atoms with E-state index in [0.717, 1.165) is 25.4 Å². The van der Waals surface area contributed by atoms with E-state index in [9.17, 15) is 4.39 Å². The van der Waals surface area contributed by atoms with E-state index in [1.807, 2.05) is 6.92 Å². The topological polar surface area (TPSA) is 49.8 Å². The average molecular weight is 282 g/mol. The molecular formula is C15H27FN4. The van der Waals surface area contributed by atoms with Crippen LogP contribution in [-0.2, 0) is 0 Å². The minimum absolute atomic E-state index is 0.290. The molecule has 4 nitrogen and oxygen atoms in total. The van der Waals surface area contributed by atoms with Crippen molar-refractivity contribution in [3.63, 3.8) is 0 Å². The smallest absolute Gasteiger partial charge is 0.224 e. The molecule has 5 heteroatoms. The molecule has 114 valence electrons. The van der Waals surface area contributed by atoms with Crippen LogP contribution in [0.3, 0.4) is 0 Å². The molecule has 1 heterocycles. The third-order valence-electron chi connectivity index (χ3n) is 3.08. The minimum atomic E-state index is -0.397. The fraction of sp³-hybridized carbons (Fsp3) is 0.733. The summed E-state index contributed by atoms with van der Waals surface area (Å²) < 4.78 is 13.5. The van der Waals surface area contributed by atoms with Gasteiger partial charge in [0.1, 0.15) is 0 Å². The molecular weight excluding hydrogens is 255 g/mol. The molecule has 0 saturated carbocycles. The van der Waals surface area contributed by atoms with Crippen molar-refractivity contribution in [2.24, 2.45) is 5.92 Å². The van der Waals surface area contributed by atoms with Crippen LogP contribution in [0, 0.1) is 11.7 Å². The molecule has 0 amide bonds. The SMILES string of the molecule is CCNc1ncc(F)c(NCCCCCCC(C)C)n1. The number of nitrogens with zero attached hydrogens (tertiary/aromatic N) is 2. The highest BCUT2D eigenvalue weighted by molar-refractivity contribution is 5.40. The van der Waals surface area contributed by atoms with E-state index in [-0.39, 0.29) is 5.82 Å². The van der Waals surface area contributed by atoms with Gasteiger partial charge in [-0.2, -0.15) is 4.98 Å². The minimum Gasteiger partial charge on any atom is -0.367 e. The lowest BCUT2D eigenvalue weighted by molar-refractivity contribution is 0.522. The Morgan fingerprint density at radius 3 is 2.60 bits per heavy atom. The van der Waals surface area contributed by atoms with Gasteiger partial charge in [-0.25, -0.2) is 9.37 Å². The second-order valence-electron chi connectivity index (χ2n) is 5.44. The maximum atomic E-state index is 13.5. The Bertz CT molecular complexity index is 382. The Morgan fingerprint density at radius 2 is 1.90 bits per heavy atom. The van der Waals surface area contributed by atoms with Gasteiger partial charge in [-0.3, -0.25) is 0 Å². The number of anilines is 2. The molecule has 1 rings (SSSR count). The van der Waals surface area contributed by atoms with E-state index < -0.39 is 5.82 Å². The Labute approximate surface area is 121 Å². The summed E-state index contributed by atoms with van der Waals surface area (Å²) >= 11 is 0. The summed E-state index contributed by atoms with van der Waals surface area (Å²) in [4.78, 5) is 7.99. The lowest BCUT2D eigenvalue weighted by Crippen LogP contribution is -2.09. The second kappa shape index (κ2) is 9.50. The lowest BCUT2D eigenvalue weighted by atomic mass is 10.0.